The monoisotopic (exact) mass is 238 g/mol. The van der Waals surface area contributed by atoms with E-state index >= 15 is 0 Å². The summed E-state index contributed by atoms with van der Waals surface area (Å²) in [6, 6.07) is 0. The third-order valence-electron chi connectivity index (χ3n) is 3.20. The topological polar surface area (TPSA) is 42.7 Å². The maximum absolute atomic E-state index is 4.33. The van der Waals surface area contributed by atoms with E-state index in [2.05, 4.69) is 40.9 Å². The molecule has 17 heavy (non-hydrogen) atoms. The number of hydrogen-bond donors (Lipinski definition) is 1. The SMILES string of the molecule is CCCCC(CC)Cn1ncnc1CNCC. The third-order valence-corrected chi connectivity index (χ3v) is 3.20. The van der Waals surface area contributed by atoms with Crippen molar-refractivity contribution in [1.82, 2.24) is 20.1 Å². The first-order chi connectivity index (χ1) is 8.31. The zero-order valence-electron chi connectivity index (χ0n) is 11.4. The van der Waals surface area contributed by atoms with E-state index in [4.69, 9.17) is 0 Å². The molecule has 98 valence electrons. The van der Waals surface area contributed by atoms with Gasteiger partial charge in [0.2, 0.25) is 0 Å². The predicted octanol–water partition coefficient (Wildman–Crippen LogP) is 2.60. The number of nitrogens with one attached hydrogen (secondary N) is 1. The summed E-state index contributed by atoms with van der Waals surface area (Å²) in [5.74, 6) is 1.79. The summed E-state index contributed by atoms with van der Waals surface area (Å²) in [7, 11) is 0. The second kappa shape index (κ2) is 8.23. The van der Waals surface area contributed by atoms with E-state index in [1.54, 1.807) is 6.33 Å². The fourth-order valence-corrected chi connectivity index (χ4v) is 1.98. The number of hydrogen-bond acceptors (Lipinski definition) is 3. The fraction of sp³-hybridized carbons (Fsp3) is 0.846. The van der Waals surface area contributed by atoms with Crippen molar-refractivity contribution in [1.29, 1.82) is 0 Å². The summed E-state index contributed by atoms with van der Waals surface area (Å²) in [5.41, 5.74) is 0. The van der Waals surface area contributed by atoms with E-state index in [1.165, 1.54) is 25.7 Å². The van der Waals surface area contributed by atoms with Crippen molar-refractivity contribution in [3.05, 3.63) is 12.2 Å². The molecule has 0 aliphatic heterocycles. The zero-order valence-corrected chi connectivity index (χ0v) is 11.4. The number of rotatable bonds is 9. The van der Waals surface area contributed by atoms with Crippen LogP contribution in [0.3, 0.4) is 0 Å². The Balaban J connectivity index is 2.50. The molecule has 4 heteroatoms. The molecule has 1 heterocycles. The molecule has 1 rings (SSSR count). The fourth-order valence-electron chi connectivity index (χ4n) is 1.98. The number of unbranched alkanes of at least 4 members (excludes halogenated alkanes) is 1. The first-order valence-electron chi connectivity index (χ1n) is 6.89. The molecule has 0 aliphatic carbocycles. The van der Waals surface area contributed by atoms with Crippen LogP contribution in [0.5, 0.6) is 0 Å². The first-order valence-corrected chi connectivity index (χ1v) is 6.89. The molecule has 0 bridgehead atoms. The summed E-state index contributed by atoms with van der Waals surface area (Å²) < 4.78 is 2.06. The van der Waals surface area contributed by atoms with E-state index in [0.717, 1.165) is 31.4 Å². The van der Waals surface area contributed by atoms with Gasteiger partial charge in [0.1, 0.15) is 12.2 Å². The van der Waals surface area contributed by atoms with Crippen LogP contribution >= 0.6 is 0 Å². The van der Waals surface area contributed by atoms with Crippen molar-refractivity contribution in [3.63, 3.8) is 0 Å². The van der Waals surface area contributed by atoms with Crippen molar-refractivity contribution in [3.8, 4) is 0 Å². The Morgan fingerprint density at radius 2 is 2.18 bits per heavy atom. The molecular formula is C13H26N4. The molecule has 0 aromatic carbocycles. The summed E-state index contributed by atoms with van der Waals surface area (Å²) in [4.78, 5) is 4.31. The minimum absolute atomic E-state index is 0.733. The average molecular weight is 238 g/mol. The van der Waals surface area contributed by atoms with E-state index in [9.17, 15) is 0 Å². The van der Waals surface area contributed by atoms with Gasteiger partial charge in [-0.15, -0.1) is 0 Å². The molecule has 4 nitrogen and oxygen atoms in total. The number of nitrogens with zero attached hydrogens (tertiary/aromatic N) is 3. The van der Waals surface area contributed by atoms with Gasteiger partial charge in [-0.1, -0.05) is 40.0 Å². The molecule has 1 atom stereocenters. The van der Waals surface area contributed by atoms with Crippen molar-refractivity contribution in [2.24, 2.45) is 5.92 Å². The smallest absolute Gasteiger partial charge is 0.140 e. The predicted molar refractivity (Wildman–Crippen MR) is 70.7 cm³/mol. The lowest BCUT2D eigenvalue weighted by atomic mass is 9.99. The van der Waals surface area contributed by atoms with Gasteiger partial charge in [0, 0.05) is 6.54 Å². The summed E-state index contributed by atoms with van der Waals surface area (Å²) >= 11 is 0. The normalized spacial score (nSPS) is 12.9. The molecule has 0 fully saturated rings. The maximum atomic E-state index is 4.33. The molecule has 1 aromatic rings. The van der Waals surface area contributed by atoms with Gasteiger partial charge in [0.25, 0.3) is 0 Å². The highest BCUT2D eigenvalue weighted by molar-refractivity contribution is 4.84. The average Bonchev–Trinajstić information content (AvgIpc) is 2.79. The molecule has 1 N–H and O–H groups in total. The van der Waals surface area contributed by atoms with Gasteiger partial charge in [0.05, 0.1) is 6.54 Å². The van der Waals surface area contributed by atoms with Crippen LogP contribution in [-0.4, -0.2) is 21.3 Å². The third kappa shape index (κ3) is 4.86. The maximum Gasteiger partial charge on any atom is 0.140 e. The van der Waals surface area contributed by atoms with Crippen molar-refractivity contribution < 1.29 is 0 Å². The number of aromatic nitrogens is 3. The lowest BCUT2D eigenvalue weighted by Crippen LogP contribution is -2.19. The second-order valence-electron chi connectivity index (χ2n) is 4.56. The lowest BCUT2D eigenvalue weighted by Gasteiger charge is -2.15. The van der Waals surface area contributed by atoms with E-state index < -0.39 is 0 Å². The van der Waals surface area contributed by atoms with Crippen LogP contribution < -0.4 is 5.32 Å². The van der Waals surface area contributed by atoms with Crippen LogP contribution in [0.1, 0.15) is 52.3 Å². The molecule has 1 aromatic heterocycles. The Morgan fingerprint density at radius 3 is 2.82 bits per heavy atom. The zero-order chi connectivity index (χ0) is 12.5. The van der Waals surface area contributed by atoms with E-state index in [0.29, 0.717) is 0 Å². The molecule has 0 amide bonds. The van der Waals surface area contributed by atoms with Crippen LogP contribution in [0, 0.1) is 5.92 Å². The lowest BCUT2D eigenvalue weighted by molar-refractivity contribution is 0.363. The Hall–Kier alpha value is -0.900. The highest BCUT2D eigenvalue weighted by Gasteiger charge is 2.10. The Kier molecular flexibility index (Phi) is 6.86. The summed E-state index contributed by atoms with van der Waals surface area (Å²) in [5, 5.41) is 7.63. The molecule has 0 saturated heterocycles. The molecule has 0 aliphatic rings. The molecule has 0 saturated carbocycles. The van der Waals surface area contributed by atoms with Gasteiger partial charge in [-0.3, -0.25) is 0 Å². The van der Waals surface area contributed by atoms with Gasteiger partial charge in [0.15, 0.2) is 0 Å². The van der Waals surface area contributed by atoms with Gasteiger partial charge >= 0.3 is 0 Å². The van der Waals surface area contributed by atoms with Gasteiger partial charge in [-0.05, 0) is 18.9 Å². The molecule has 1 unspecified atom stereocenters. The van der Waals surface area contributed by atoms with Crippen LogP contribution in [0.2, 0.25) is 0 Å². The van der Waals surface area contributed by atoms with Gasteiger partial charge in [-0.25, -0.2) is 9.67 Å². The summed E-state index contributed by atoms with van der Waals surface area (Å²) in [6.45, 7) is 9.43. The minimum Gasteiger partial charge on any atom is -0.310 e. The molecule has 0 spiro atoms. The second-order valence-corrected chi connectivity index (χ2v) is 4.56. The van der Waals surface area contributed by atoms with E-state index in [1.807, 2.05) is 0 Å². The Bertz CT molecular complexity index is 295. The van der Waals surface area contributed by atoms with Crippen molar-refractivity contribution >= 4 is 0 Å². The standard InChI is InChI=1S/C13H26N4/c1-4-7-8-12(5-2)10-17-13(9-14-6-3)15-11-16-17/h11-12,14H,4-10H2,1-3H3. The highest BCUT2D eigenvalue weighted by atomic mass is 15.3. The van der Waals surface area contributed by atoms with Crippen LogP contribution in [0.15, 0.2) is 6.33 Å². The largest absolute Gasteiger partial charge is 0.310 e. The molecular weight excluding hydrogens is 212 g/mol. The van der Waals surface area contributed by atoms with Crippen LogP contribution in [0.25, 0.3) is 0 Å². The van der Waals surface area contributed by atoms with Gasteiger partial charge in [-0.2, -0.15) is 5.10 Å². The van der Waals surface area contributed by atoms with Gasteiger partial charge < -0.3 is 5.32 Å². The van der Waals surface area contributed by atoms with Crippen LogP contribution in [-0.2, 0) is 13.1 Å². The minimum atomic E-state index is 0.733. The summed E-state index contributed by atoms with van der Waals surface area (Å²) in [6.07, 6.45) is 6.78. The quantitative estimate of drug-likeness (QED) is 0.719. The van der Waals surface area contributed by atoms with Crippen molar-refractivity contribution in [2.75, 3.05) is 6.54 Å². The Morgan fingerprint density at radius 1 is 1.35 bits per heavy atom. The van der Waals surface area contributed by atoms with E-state index in [-0.39, 0.29) is 0 Å². The van der Waals surface area contributed by atoms with Crippen molar-refractivity contribution in [2.45, 2.75) is 59.5 Å². The highest BCUT2D eigenvalue weighted by Crippen LogP contribution is 2.15. The first kappa shape index (κ1) is 14.2. The Labute approximate surface area is 105 Å². The molecule has 0 radical (unpaired) electrons. The van der Waals surface area contributed by atoms with Crippen LogP contribution in [0.4, 0.5) is 0 Å².